The maximum absolute atomic E-state index is 13.0. The Morgan fingerprint density at radius 3 is 2.60 bits per heavy atom. The van der Waals surface area contributed by atoms with E-state index in [1.54, 1.807) is 0 Å². The van der Waals surface area contributed by atoms with Crippen molar-refractivity contribution in [2.45, 2.75) is 26.8 Å². The molecule has 0 N–H and O–H groups in total. The third kappa shape index (κ3) is 2.58. The molecule has 1 aromatic heterocycles. The van der Waals surface area contributed by atoms with E-state index in [9.17, 15) is 4.79 Å². The number of amides is 1. The van der Waals surface area contributed by atoms with Gasteiger partial charge in [-0.15, -0.1) is 0 Å². The molecule has 2 aromatic rings. The highest BCUT2D eigenvalue weighted by Crippen LogP contribution is 2.45. The first-order valence-corrected chi connectivity index (χ1v) is 8.95. The Labute approximate surface area is 148 Å². The molecule has 0 unspecified atom stereocenters. The van der Waals surface area contributed by atoms with Crippen LogP contribution in [0.2, 0.25) is 0 Å². The van der Waals surface area contributed by atoms with Crippen molar-refractivity contribution >= 4 is 5.91 Å². The van der Waals surface area contributed by atoms with Crippen molar-refractivity contribution in [3.05, 3.63) is 52.4 Å². The quantitative estimate of drug-likeness (QED) is 0.844. The lowest BCUT2D eigenvalue weighted by Crippen LogP contribution is -2.34. The monoisotopic (exact) mass is 339 g/mol. The molecule has 0 saturated carbocycles. The van der Waals surface area contributed by atoms with Gasteiger partial charge in [0, 0.05) is 31.6 Å². The van der Waals surface area contributed by atoms with E-state index < -0.39 is 0 Å². The zero-order valence-electron chi connectivity index (χ0n) is 15.3. The average Bonchev–Trinajstić information content (AvgIpc) is 3.21. The van der Waals surface area contributed by atoms with Crippen LogP contribution in [-0.4, -0.2) is 47.5 Å². The van der Waals surface area contributed by atoms with Crippen molar-refractivity contribution in [1.29, 1.82) is 0 Å². The first-order chi connectivity index (χ1) is 12.0. The van der Waals surface area contributed by atoms with Gasteiger partial charge in [0.05, 0.1) is 5.69 Å². The highest BCUT2D eigenvalue weighted by Gasteiger charge is 2.48. The number of hydrogen-bond donors (Lipinski definition) is 0. The summed E-state index contributed by atoms with van der Waals surface area (Å²) in [4.78, 5) is 17.4. The number of fused-ring (bicyclic) bond motifs is 1. The van der Waals surface area contributed by atoms with Gasteiger partial charge in [0.25, 0.3) is 5.91 Å². The predicted molar refractivity (Wildman–Crippen MR) is 95.4 cm³/mol. The second kappa shape index (κ2) is 5.99. The number of carbonyl (C=O) groups excluding carboxylic acids is 1. The lowest BCUT2D eigenvalue weighted by molar-refractivity contribution is 0.0765. The van der Waals surface area contributed by atoms with Crippen molar-refractivity contribution in [1.82, 2.24) is 15.0 Å². The van der Waals surface area contributed by atoms with Crippen LogP contribution in [0.15, 0.2) is 28.8 Å². The van der Waals surface area contributed by atoms with Gasteiger partial charge in [0.15, 0.2) is 0 Å². The van der Waals surface area contributed by atoms with Crippen molar-refractivity contribution in [2.24, 2.45) is 11.8 Å². The molecule has 5 heteroatoms. The van der Waals surface area contributed by atoms with Gasteiger partial charge >= 0.3 is 0 Å². The maximum Gasteiger partial charge on any atom is 0.259 e. The lowest BCUT2D eigenvalue weighted by Gasteiger charge is -2.28. The van der Waals surface area contributed by atoms with Gasteiger partial charge in [-0.2, -0.15) is 0 Å². The van der Waals surface area contributed by atoms with E-state index in [4.69, 9.17) is 4.52 Å². The highest BCUT2D eigenvalue weighted by molar-refractivity contribution is 5.96. The van der Waals surface area contributed by atoms with Crippen LogP contribution in [0.3, 0.4) is 0 Å². The van der Waals surface area contributed by atoms with Gasteiger partial charge in [-0.3, -0.25) is 9.69 Å². The first-order valence-electron chi connectivity index (χ1n) is 8.95. The van der Waals surface area contributed by atoms with E-state index in [-0.39, 0.29) is 5.91 Å². The third-order valence-electron chi connectivity index (χ3n) is 5.94. The molecule has 1 amide bonds. The zero-order valence-corrected chi connectivity index (χ0v) is 15.3. The maximum atomic E-state index is 13.0. The lowest BCUT2D eigenvalue weighted by atomic mass is 9.88. The molecule has 132 valence electrons. The minimum atomic E-state index is 0.0665. The van der Waals surface area contributed by atoms with Crippen LogP contribution in [0.1, 0.15) is 39.0 Å². The van der Waals surface area contributed by atoms with Crippen LogP contribution in [0.25, 0.3) is 0 Å². The molecule has 0 aliphatic carbocycles. The van der Waals surface area contributed by atoms with Crippen molar-refractivity contribution < 1.29 is 9.32 Å². The summed E-state index contributed by atoms with van der Waals surface area (Å²) >= 11 is 0. The highest BCUT2D eigenvalue weighted by atomic mass is 16.5. The summed E-state index contributed by atoms with van der Waals surface area (Å²) in [5, 5.41) is 3.94. The predicted octanol–water partition coefficient (Wildman–Crippen LogP) is 2.97. The summed E-state index contributed by atoms with van der Waals surface area (Å²) in [7, 11) is 2.20. The number of aryl methyl sites for hydroxylation is 3. The minimum absolute atomic E-state index is 0.0665. The van der Waals surface area contributed by atoms with Gasteiger partial charge in [0.1, 0.15) is 11.3 Å². The molecule has 0 bridgehead atoms. The molecule has 3 heterocycles. The van der Waals surface area contributed by atoms with Gasteiger partial charge in [-0.05, 0) is 44.9 Å². The van der Waals surface area contributed by atoms with E-state index >= 15 is 0 Å². The largest absolute Gasteiger partial charge is 0.361 e. The Bertz CT molecular complexity index is 794. The number of benzene rings is 1. The third-order valence-corrected chi connectivity index (χ3v) is 5.94. The Morgan fingerprint density at radius 1 is 1.16 bits per heavy atom. The molecule has 2 fully saturated rings. The Morgan fingerprint density at radius 2 is 1.92 bits per heavy atom. The molecule has 2 aliphatic rings. The van der Waals surface area contributed by atoms with Crippen molar-refractivity contribution in [3.63, 3.8) is 0 Å². The summed E-state index contributed by atoms with van der Waals surface area (Å²) in [5.74, 6) is 1.69. The standard InChI is InChI=1S/C20H25N3O2/c1-12-7-5-6-8-16(12)19-17-11-23(10-15(17)9-22(19)4)20(24)18-13(2)21-25-14(18)3/h5-8,15,17,19H,9-11H2,1-4H3/t15-,17+,19+/m0/s1. The van der Waals surface area contributed by atoms with Gasteiger partial charge < -0.3 is 9.42 Å². The summed E-state index contributed by atoms with van der Waals surface area (Å²) in [6, 6.07) is 9.00. The Kier molecular flexibility index (Phi) is 3.91. The smallest absolute Gasteiger partial charge is 0.259 e. The number of hydrogen-bond acceptors (Lipinski definition) is 4. The van der Waals surface area contributed by atoms with Gasteiger partial charge in [-0.1, -0.05) is 29.4 Å². The topological polar surface area (TPSA) is 49.6 Å². The molecule has 3 atom stereocenters. The van der Waals surface area contributed by atoms with Crippen LogP contribution in [0.4, 0.5) is 0 Å². The van der Waals surface area contributed by atoms with Crippen molar-refractivity contribution in [3.8, 4) is 0 Å². The Balaban J connectivity index is 1.60. The van der Waals surface area contributed by atoms with Crippen LogP contribution in [0.5, 0.6) is 0 Å². The molecule has 0 spiro atoms. The van der Waals surface area contributed by atoms with Crippen LogP contribution in [0, 0.1) is 32.6 Å². The van der Waals surface area contributed by atoms with E-state index in [1.165, 1.54) is 11.1 Å². The second-order valence-corrected chi connectivity index (χ2v) is 7.57. The van der Waals surface area contributed by atoms with E-state index in [1.807, 2.05) is 18.7 Å². The summed E-state index contributed by atoms with van der Waals surface area (Å²) in [6.07, 6.45) is 0. The zero-order chi connectivity index (χ0) is 17.7. The molecular formula is C20H25N3O2. The summed E-state index contributed by atoms with van der Waals surface area (Å²) < 4.78 is 5.19. The number of carbonyl (C=O) groups is 1. The number of rotatable bonds is 2. The van der Waals surface area contributed by atoms with E-state index in [2.05, 4.69) is 48.3 Å². The van der Waals surface area contributed by atoms with Crippen molar-refractivity contribution in [2.75, 3.05) is 26.7 Å². The molecule has 1 aromatic carbocycles. The molecule has 4 rings (SSSR count). The Hall–Kier alpha value is -2.14. The molecular weight excluding hydrogens is 314 g/mol. The van der Waals surface area contributed by atoms with E-state index in [0.717, 1.165) is 19.6 Å². The fourth-order valence-corrected chi connectivity index (χ4v) is 4.76. The molecule has 2 aliphatic heterocycles. The van der Waals surface area contributed by atoms with Gasteiger partial charge in [0.2, 0.25) is 0 Å². The van der Waals surface area contributed by atoms with Gasteiger partial charge in [-0.25, -0.2) is 0 Å². The fourth-order valence-electron chi connectivity index (χ4n) is 4.76. The number of aromatic nitrogens is 1. The first kappa shape index (κ1) is 16.3. The molecule has 0 radical (unpaired) electrons. The summed E-state index contributed by atoms with van der Waals surface area (Å²) in [5.41, 5.74) is 4.05. The number of likely N-dealkylation sites (tertiary alicyclic amines) is 2. The number of nitrogens with zero attached hydrogens (tertiary/aromatic N) is 3. The van der Waals surface area contributed by atoms with E-state index in [0.29, 0.717) is 34.9 Å². The second-order valence-electron chi connectivity index (χ2n) is 7.57. The van der Waals surface area contributed by atoms with Crippen LogP contribution >= 0.6 is 0 Å². The summed E-state index contributed by atoms with van der Waals surface area (Å²) in [6.45, 7) is 8.49. The average molecular weight is 339 g/mol. The molecule has 25 heavy (non-hydrogen) atoms. The van der Waals surface area contributed by atoms with Crippen LogP contribution < -0.4 is 0 Å². The minimum Gasteiger partial charge on any atom is -0.361 e. The SMILES string of the molecule is Cc1ccccc1[C@@H]1[C@@H]2CN(C(=O)c3c(C)noc3C)C[C@@H]2CN1C. The normalized spacial score (nSPS) is 26.2. The molecule has 5 nitrogen and oxygen atoms in total. The van der Waals surface area contributed by atoms with Crippen LogP contribution in [-0.2, 0) is 0 Å². The molecule has 2 saturated heterocycles. The fraction of sp³-hybridized carbons (Fsp3) is 0.500.